The first-order valence-electron chi connectivity index (χ1n) is 7.30. The fraction of sp³-hybridized carbons (Fsp3) is 0.250. The summed E-state index contributed by atoms with van der Waals surface area (Å²) in [5.74, 6) is -0.474. The quantitative estimate of drug-likeness (QED) is 0.809. The number of nitrogens with one attached hydrogen (secondary N) is 1. The number of hydrogen-bond donors (Lipinski definition) is 2. The Kier molecular flexibility index (Phi) is 5.53. The molecule has 8 heteroatoms. The van der Waals surface area contributed by atoms with E-state index in [1.807, 2.05) is 0 Å². The van der Waals surface area contributed by atoms with E-state index >= 15 is 0 Å². The number of nitrogens with zero attached hydrogens (tertiary/aromatic N) is 2. The third-order valence-electron chi connectivity index (χ3n) is 3.46. The van der Waals surface area contributed by atoms with Crippen LogP contribution < -0.4 is 11.1 Å². The number of nitrogen functional groups attached to an aromatic ring is 1. The van der Waals surface area contributed by atoms with Crippen molar-refractivity contribution in [1.29, 1.82) is 0 Å². The highest BCUT2D eigenvalue weighted by Gasteiger charge is 2.14. The minimum atomic E-state index is -3.33. The van der Waals surface area contributed by atoms with Gasteiger partial charge in [-0.05, 0) is 24.3 Å². The third kappa shape index (κ3) is 4.30. The van der Waals surface area contributed by atoms with Crippen LogP contribution in [-0.2, 0) is 10.0 Å². The number of aromatic nitrogens is 1. The maximum absolute atomic E-state index is 12.1. The van der Waals surface area contributed by atoms with Crippen LogP contribution in [0.5, 0.6) is 0 Å². The summed E-state index contributed by atoms with van der Waals surface area (Å²) in [6.07, 6.45) is 1.65. The normalized spacial score (nSPS) is 11.5. The van der Waals surface area contributed by atoms with Crippen molar-refractivity contribution < 1.29 is 13.2 Å². The van der Waals surface area contributed by atoms with E-state index in [0.29, 0.717) is 16.9 Å². The maximum Gasteiger partial charge on any atom is 0.251 e. The molecule has 0 aliphatic carbocycles. The zero-order valence-electron chi connectivity index (χ0n) is 13.6. The van der Waals surface area contributed by atoms with Crippen molar-refractivity contribution in [3.05, 3.63) is 48.2 Å². The molecule has 0 radical (unpaired) electrons. The number of amides is 1. The SMILES string of the molecule is CN(C)S(=O)(=O)CCNC(=O)c1ccc(-c2ncccc2N)cc1. The predicted octanol–water partition coefficient (Wildman–Crippen LogP) is 0.952. The van der Waals surface area contributed by atoms with Gasteiger partial charge in [0.15, 0.2) is 0 Å². The van der Waals surface area contributed by atoms with Crippen LogP contribution in [0, 0.1) is 0 Å². The molecule has 128 valence electrons. The predicted molar refractivity (Wildman–Crippen MR) is 93.9 cm³/mol. The standard InChI is InChI=1S/C16H20N4O3S/c1-20(2)24(22,23)11-10-19-16(21)13-7-5-12(6-8-13)15-14(17)4-3-9-18-15/h3-9H,10-11,17H2,1-2H3,(H,19,21). The van der Waals surface area contributed by atoms with Crippen molar-refractivity contribution in [2.24, 2.45) is 0 Å². The number of rotatable bonds is 6. The summed E-state index contributed by atoms with van der Waals surface area (Å²) in [6, 6.07) is 10.3. The molecule has 0 unspecified atom stereocenters. The second kappa shape index (κ2) is 7.41. The lowest BCUT2D eigenvalue weighted by Crippen LogP contribution is -2.33. The monoisotopic (exact) mass is 348 g/mol. The minimum absolute atomic E-state index is 0.0499. The third-order valence-corrected chi connectivity index (χ3v) is 5.29. The Balaban J connectivity index is 2.01. The Hall–Kier alpha value is -2.45. The van der Waals surface area contributed by atoms with Crippen LogP contribution in [0.15, 0.2) is 42.6 Å². The molecule has 1 amide bonds. The van der Waals surface area contributed by atoms with Gasteiger partial charge in [-0.15, -0.1) is 0 Å². The van der Waals surface area contributed by atoms with Crippen molar-refractivity contribution in [2.75, 3.05) is 32.1 Å². The van der Waals surface area contributed by atoms with E-state index < -0.39 is 10.0 Å². The van der Waals surface area contributed by atoms with E-state index in [1.54, 1.807) is 42.6 Å². The molecule has 3 N–H and O–H groups in total. The van der Waals surface area contributed by atoms with Crippen molar-refractivity contribution in [2.45, 2.75) is 0 Å². The largest absolute Gasteiger partial charge is 0.397 e. The Morgan fingerprint density at radius 2 is 1.88 bits per heavy atom. The zero-order valence-corrected chi connectivity index (χ0v) is 14.4. The highest BCUT2D eigenvalue weighted by atomic mass is 32.2. The van der Waals surface area contributed by atoms with Gasteiger partial charge >= 0.3 is 0 Å². The van der Waals surface area contributed by atoms with Gasteiger partial charge in [0.1, 0.15) is 0 Å². The van der Waals surface area contributed by atoms with E-state index in [0.717, 1.165) is 9.87 Å². The molecule has 2 aromatic rings. The van der Waals surface area contributed by atoms with Gasteiger partial charge in [-0.3, -0.25) is 9.78 Å². The molecular weight excluding hydrogens is 328 g/mol. The molecule has 0 aliphatic rings. The van der Waals surface area contributed by atoms with E-state index in [2.05, 4.69) is 10.3 Å². The maximum atomic E-state index is 12.1. The summed E-state index contributed by atoms with van der Waals surface area (Å²) >= 11 is 0. The minimum Gasteiger partial charge on any atom is -0.397 e. The first-order chi connectivity index (χ1) is 11.3. The van der Waals surface area contributed by atoms with Crippen molar-refractivity contribution >= 4 is 21.6 Å². The smallest absolute Gasteiger partial charge is 0.251 e. The zero-order chi connectivity index (χ0) is 17.7. The highest BCUT2D eigenvalue weighted by Crippen LogP contribution is 2.22. The first-order valence-corrected chi connectivity index (χ1v) is 8.91. The molecular formula is C16H20N4O3S. The lowest BCUT2D eigenvalue weighted by Gasteiger charge is -2.11. The van der Waals surface area contributed by atoms with Crippen molar-refractivity contribution in [3.63, 3.8) is 0 Å². The van der Waals surface area contributed by atoms with Crippen LogP contribution in [0.1, 0.15) is 10.4 Å². The second-order valence-corrected chi connectivity index (χ2v) is 7.68. The van der Waals surface area contributed by atoms with Crippen LogP contribution in [0.25, 0.3) is 11.3 Å². The Labute approximate surface area is 141 Å². The molecule has 1 heterocycles. The van der Waals surface area contributed by atoms with Crippen LogP contribution in [0.2, 0.25) is 0 Å². The summed E-state index contributed by atoms with van der Waals surface area (Å²) in [7, 11) is -0.412. The molecule has 0 bridgehead atoms. The molecule has 2 rings (SSSR count). The van der Waals surface area contributed by atoms with Gasteiger partial charge in [0.05, 0.1) is 17.1 Å². The average molecular weight is 348 g/mol. The number of anilines is 1. The molecule has 7 nitrogen and oxygen atoms in total. The number of pyridine rings is 1. The van der Waals surface area contributed by atoms with E-state index in [4.69, 9.17) is 5.73 Å². The van der Waals surface area contributed by atoms with Gasteiger partial charge in [-0.25, -0.2) is 12.7 Å². The summed E-state index contributed by atoms with van der Waals surface area (Å²) < 4.78 is 24.4. The Morgan fingerprint density at radius 3 is 2.46 bits per heavy atom. The Bertz CT molecular complexity index is 817. The molecule has 0 atom stereocenters. The van der Waals surface area contributed by atoms with Crippen LogP contribution in [0.4, 0.5) is 5.69 Å². The van der Waals surface area contributed by atoms with E-state index in [9.17, 15) is 13.2 Å². The fourth-order valence-electron chi connectivity index (χ4n) is 2.02. The summed E-state index contributed by atoms with van der Waals surface area (Å²) in [5, 5.41) is 2.60. The van der Waals surface area contributed by atoms with Gasteiger partial charge < -0.3 is 11.1 Å². The number of benzene rings is 1. The topological polar surface area (TPSA) is 105 Å². The molecule has 24 heavy (non-hydrogen) atoms. The molecule has 0 fully saturated rings. The lowest BCUT2D eigenvalue weighted by atomic mass is 10.1. The van der Waals surface area contributed by atoms with E-state index in [1.165, 1.54) is 14.1 Å². The fourth-order valence-corrected chi connectivity index (χ4v) is 2.74. The van der Waals surface area contributed by atoms with E-state index in [-0.39, 0.29) is 18.2 Å². The number of nitrogens with two attached hydrogens (primary N) is 1. The van der Waals surface area contributed by atoms with Crippen molar-refractivity contribution in [3.8, 4) is 11.3 Å². The number of carbonyl (C=O) groups is 1. The lowest BCUT2D eigenvalue weighted by molar-refractivity contribution is 0.0956. The van der Waals surface area contributed by atoms with Crippen LogP contribution in [0.3, 0.4) is 0 Å². The number of hydrogen-bond acceptors (Lipinski definition) is 5. The highest BCUT2D eigenvalue weighted by molar-refractivity contribution is 7.89. The summed E-state index contributed by atoms with van der Waals surface area (Å²) in [4.78, 5) is 16.3. The van der Waals surface area contributed by atoms with Crippen LogP contribution >= 0.6 is 0 Å². The van der Waals surface area contributed by atoms with Crippen molar-refractivity contribution in [1.82, 2.24) is 14.6 Å². The Morgan fingerprint density at radius 1 is 1.21 bits per heavy atom. The summed E-state index contributed by atoms with van der Waals surface area (Å²) in [6.45, 7) is 0.0499. The molecule has 0 saturated carbocycles. The molecule has 0 spiro atoms. The molecule has 0 saturated heterocycles. The van der Waals surface area contributed by atoms with Gasteiger partial charge in [0.25, 0.3) is 5.91 Å². The van der Waals surface area contributed by atoms with Gasteiger partial charge in [-0.2, -0.15) is 0 Å². The van der Waals surface area contributed by atoms with Gasteiger partial charge in [0.2, 0.25) is 10.0 Å². The number of sulfonamides is 1. The average Bonchev–Trinajstić information content (AvgIpc) is 2.55. The molecule has 1 aromatic heterocycles. The van der Waals surface area contributed by atoms with Gasteiger partial charge in [0, 0.05) is 38.0 Å². The first kappa shape index (κ1) is 17.9. The molecule has 0 aliphatic heterocycles. The van der Waals surface area contributed by atoms with Gasteiger partial charge in [-0.1, -0.05) is 12.1 Å². The molecule has 1 aromatic carbocycles. The number of carbonyl (C=O) groups excluding carboxylic acids is 1. The second-order valence-electron chi connectivity index (χ2n) is 5.37. The summed E-state index contributed by atoms with van der Waals surface area (Å²) in [5.41, 5.74) is 8.34. The van der Waals surface area contributed by atoms with Crippen LogP contribution in [-0.4, -0.2) is 50.0 Å².